The van der Waals surface area contributed by atoms with Gasteiger partial charge in [-0.1, -0.05) is 6.92 Å². The van der Waals surface area contributed by atoms with Crippen LogP contribution in [0.25, 0.3) is 0 Å². The summed E-state index contributed by atoms with van der Waals surface area (Å²) in [6, 6.07) is 3.91. The van der Waals surface area contributed by atoms with Gasteiger partial charge in [-0.3, -0.25) is 0 Å². The van der Waals surface area contributed by atoms with Gasteiger partial charge in [0.2, 0.25) is 0 Å². The van der Waals surface area contributed by atoms with Crippen LogP contribution in [-0.4, -0.2) is 17.8 Å². The van der Waals surface area contributed by atoms with E-state index in [1.807, 2.05) is 12.1 Å². The molecule has 0 saturated carbocycles. The predicted molar refractivity (Wildman–Crippen MR) is 60.5 cm³/mol. The van der Waals surface area contributed by atoms with Gasteiger partial charge in [0.25, 0.3) is 0 Å². The van der Waals surface area contributed by atoms with Gasteiger partial charge in [-0.05, 0) is 40.4 Å². The van der Waals surface area contributed by atoms with E-state index in [9.17, 15) is 5.11 Å². The van der Waals surface area contributed by atoms with E-state index in [0.717, 1.165) is 21.7 Å². The molecule has 4 heteroatoms. The number of hydrogen-bond donors (Lipinski definition) is 1. The Morgan fingerprint density at radius 1 is 1.64 bits per heavy atom. The molecule has 2 nitrogen and oxygen atoms in total. The van der Waals surface area contributed by atoms with Crippen LogP contribution < -0.4 is 0 Å². The zero-order chi connectivity index (χ0) is 10.1. The molecule has 3 atom stereocenters. The summed E-state index contributed by atoms with van der Waals surface area (Å²) in [5.74, 6) is 0.450. The molecular formula is C10H13BrO2S. The van der Waals surface area contributed by atoms with Crippen LogP contribution in [0.15, 0.2) is 15.9 Å². The molecule has 1 N–H and O–H groups in total. The summed E-state index contributed by atoms with van der Waals surface area (Å²) >= 11 is 4.96. The van der Waals surface area contributed by atoms with E-state index < -0.39 is 6.10 Å². The smallest absolute Gasteiger partial charge is 0.115 e. The molecule has 0 aromatic carbocycles. The van der Waals surface area contributed by atoms with Crippen LogP contribution in [0.1, 0.15) is 24.3 Å². The summed E-state index contributed by atoms with van der Waals surface area (Å²) in [7, 11) is 0. The molecule has 1 aliphatic heterocycles. The Labute approximate surface area is 96.0 Å². The monoisotopic (exact) mass is 276 g/mol. The predicted octanol–water partition coefficient (Wildman–Crippen LogP) is 2.97. The minimum atomic E-state index is -0.469. The number of ether oxygens (including phenoxy) is 1. The normalized spacial score (nSPS) is 29.4. The summed E-state index contributed by atoms with van der Waals surface area (Å²) in [6.07, 6.45) is 0.554. The van der Waals surface area contributed by atoms with Gasteiger partial charge < -0.3 is 9.84 Å². The Bertz CT molecular complexity index is 313. The largest absolute Gasteiger partial charge is 0.385 e. The van der Waals surface area contributed by atoms with Crippen LogP contribution in [0, 0.1) is 5.92 Å². The number of aliphatic hydroxyl groups is 1. The Kier molecular flexibility index (Phi) is 3.27. The fourth-order valence-electron chi connectivity index (χ4n) is 1.77. The van der Waals surface area contributed by atoms with Crippen molar-refractivity contribution in [1.29, 1.82) is 0 Å². The van der Waals surface area contributed by atoms with E-state index in [0.29, 0.717) is 5.92 Å². The molecule has 1 saturated heterocycles. The quantitative estimate of drug-likeness (QED) is 0.900. The van der Waals surface area contributed by atoms with Crippen LogP contribution >= 0.6 is 27.3 Å². The molecule has 1 aromatic heterocycles. The SMILES string of the molecule is CC1CCOC1C(O)c1ccc(Br)s1. The third-order valence-corrected chi connectivity index (χ3v) is 4.34. The summed E-state index contributed by atoms with van der Waals surface area (Å²) < 4.78 is 6.58. The molecule has 1 aromatic rings. The van der Waals surface area contributed by atoms with Crippen molar-refractivity contribution in [2.45, 2.75) is 25.6 Å². The number of rotatable bonds is 2. The van der Waals surface area contributed by atoms with Crippen molar-refractivity contribution in [3.8, 4) is 0 Å². The lowest BCUT2D eigenvalue weighted by Crippen LogP contribution is -2.22. The molecule has 3 unspecified atom stereocenters. The zero-order valence-corrected chi connectivity index (χ0v) is 10.3. The standard InChI is InChI=1S/C10H13BrO2S/c1-6-4-5-13-10(6)9(12)7-2-3-8(11)14-7/h2-3,6,9-10,12H,4-5H2,1H3. The van der Waals surface area contributed by atoms with Gasteiger partial charge in [0.15, 0.2) is 0 Å². The van der Waals surface area contributed by atoms with Crippen LogP contribution in [0.3, 0.4) is 0 Å². The van der Waals surface area contributed by atoms with E-state index in [4.69, 9.17) is 4.74 Å². The maximum atomic E-state index is 10.1. The van der Waals surface area contributed by atoms with Crippen molar-refractivity contribution >= 4 is 27.3 Å². The molecule has 2 rings (SSSR count). The zero-order valence-electron chi connectivity index (χ0n) is 7.94. The Morgan fingerprint density at radius 2 is 2.43 bits per heavy atom. The van der Waals surface area contributed by atoms with Crippen LogP contribution in [0.4, 0.5) is 0 Å². The summed E-state index contributed by atoms with van der Waals surface area (Å²) in [5.41, 5.74) is 0. The van der Waals surface area contributed by atoms with Gasteiger partial charge in [-0.25, -0.2) is 0 Å². The topological polar surface area (TPSA) is 29.5 Å². The molecule has 0 aliphatic carbocycles. The van der Waals surface area contributed by atoms with Gasteiger partial charge in [0.1, 0.15) is 6.10 Å². The van der Waals surface area contributed by atoms with Crippen molar-refractivity contribution in [2.75, 3.05) is 6.61 Å². The maximum Gasteiger partial charge on any atom is 0.115 e. The lowest BCUT2D eigenvalue weighted by molar-refractivity contribution is -0.0160. The molecule has 1 fully saturated rings. The van der Waals surface area contributed by atoms with Crippen molar-refractivity contribution < 1.29 is 9.84 Å². The van der Waals surface area contributed by atoms with Crippen molar-refractivity contribution in [3.05, 3.63) is 20.8 Å². The highest BCUT2D eigenvalue weighted by Crippen LogP contribution is 2.35. The number of aliphatic hydroxyl groups excluding tert-OH is 1. The van der Waals surface area contributed by atoms with Gasteiger partial charge in [-0.2, -0.15) is 0 Å². The minimum absolute atomic E-state index is 0.0273. The Morgan fingerprint density at radius 3 is 2.93 bits per heavy atom. The molecule has 14 heavy (non-hydrogen) atoms. The highest BCUT2D eigenvalue weighted by atomic mass is 79.9. The first-order valence-corrected chi connectivity index (χ1v) is 6.34. The highest BCUT2D eigenvalue weighted by Gasteiger charge is 2.32. The van der Waals surface area contributed by atoms with Crippen LogP contribution in [-0.2, 0) is 4.74 Å². The molecule has 0 spiro atoms. The third kappa shape index (κ3) is 2.03. The van der Waals surface area contributed by atoms with Gasteiger partial charge >= 0.3 is 0 Å². The average molecular weight is 277 g/mol. The van der Waals surface area contributed by atoms with Crippen LogP contribution in [0.2, 0.25) is 0 Å². The molecule has 0 radical (unpaired) electrons. The first-order valence-electron chi connectivity index (χ1n) is 4.73. The lowest BCUT2D eigenvalue weighted by atomic mass is 9.99. The van der Waals surface area contributed by atoms with Crippen molar-refractivity contribution in [3.63, 3.8) is 0 Å². The first-order chi connectivity index (χ1) is 6.68. The minimum Gasteiger partial charge on any atom is -0.385 e. The van der Waals surface area contributed by atoms with Gasteiger partial charge in [-0.15, -0.1) is 11.3 Å². The van der Waals surface area contributed by atoms with E-state index in [2.05, 4.69) is 22.9 Å². The number of thiophene rings is 1. The summed E-state index contributed by atoms with van der Waals surface area (Å²) in [6.45, 7) is 2.90. The molecular weight excluding hydrogens is 264 g/mol. The maximum absolute atomic E-state index is 10.1. The fourth-order valence-corrected chi connectivity index (χ4v) is 3.22. The Balaban J connectivity index is 2.11. The molecule has 0 bridgehead atoms. The second-order valence-electron chi connectivity index (χ2n) is 3.69. The lowest BCUT2D eigenvalue weighted by Gasteiger charge is -2.19. The fraction of sp³-hybridized carbons (Fsp3) is 0.600. The molecule has 78 valence electrons. The van der Waals surface area contributed by atoms with E-state index in [1.54, 1.807) is 11.3 Å². The third-order valence-electron chi connectivity index (χ3n) is 2.64. The van der Waals surface area contributed by atoms with E-state index in [1.165, 1.54) is 0 Å². The van der Waals surface area contributed by atoms with Crippen molar-refractivity contribution in [1.82, 2.24) is 0 Å². The van der Waals surface area contributed by atoms with Gasteiger partial charge in [0.05, 0.1) is 9.89 Å². The first kappa shape index (κ1) is 10.6. The molecule has 2 heterocycles. The number of halogens is 1. The Hall–Kier alpha value is 0.1000. The molecule has 1 aliphatic rings. The van der Waals surface area contributed by atoms with E-state index >= 15 is 0 Å². The van der Waals surface area contributed by atoms with E-state index in [-0.39, 0.29) is 6.10 Å². The summed E-state index contributed by atoms with van der Waals surface area (Å²) in [4.78, 5) is 0.982. The molecule has 0 amide bonds. The number of hydrogen-bond acceptors (Lipinski definition) is 3. The van der Waals surface area contributed by atoms with Gasteiger partial charge in [0, 0.05) is 11.5 Å². The van der Waals surface area contributed by atoms with Crippen LogP contribution in [0.5, 0.6) is 0 Å². The second-order valence-corrected chi connectivity index (χ2v) is 6.18. The van der Waals surface area contributed by atoms with Crippen molar-refractivity contribution in [2.24, 2.45) is 5.92 Å². The second kappa shape index (κ2) is 4.31. The average Bonchev–Trinajstić information content (AvgIpc) is 2.73. The highest BCUT2D eigenvalue weighted by molar-refractivity contribution is 9.11. The summed E-state index contributed by atoms with van der Waals surface area (Å²) in [5, 5.41) is 10.1.